The number of nitrogens with one attached hydrogen (secondary N) is 1. The van der Waals surface area contributed by atoms with Crippen LogP contribution in [0.15, 0.2) is 16.3 Å². The Morgan fingerprint density at radius 1 is 1.50 bits per heavy atom. The molecule has 1 amide bonds. The third-order valence-corrected chi connectivity index (χ3v) is 5.15. The summed E-state index contributed by atoms with van der Waals surface area (Å²) in [6, 6.07) is 2.94. The van der Waals surface area contributed by atoms with Gasteiger partial charge in [-0.25, -0.2) is 13.6 Å². The van der Waals surface area contributed by atoms with E-state index in [1.807, 2.05) is 13.8 Å². The van der Waals surface area contributed by atoms with Gasteiger partial charge in [-0.3, -0.25) is 4.79 Å². The standard InChI is InChI=1S/C11H18N2O3S2/c1-3-4-5-10(14)13-8(2)9-6-7-11(17-9)18(12,15)16/h6-8H,3-5H2,1-2H3,(H,13,14)(H2,12,15,16). The predicted molar refractivity (Wildman–Crippen MR) is 71.8 cm³/mol. The molecule has 0 aliphatic heterocycles. The van der Waals surface area contributed by atoms with E-state index in [1.54, 1.807) is 6.07 Å². The van der Waals surface area contributed by atoms with E-state index < -0.39 is 10.0 Å². The van der Waals surface area contributed by atoms with Crippen LogP contribution in [0.25, 0.3) is 0 Å². The van der Waals surface area contributed by atoms with Crippen molar-refractivity contribution < 1.29 is 13.2 Å². The molecule has 102 valence electrons. The lowest BCUT2D eigenvalue weighted by Crippen LogP contribution is -2.25. The minimum Gasteiger partial charge on any atom is -0.349 e. The van der Waals surface area contributed by atoms with Gasteiger partial charge in [0.15, 0.2) is 0 Å². The lowest BCUT2D eigenvalue weighted by atomic mass is 10.2. The van der Waals surface area contributed by atoms with E-state index in [0.717, 1.165) is 29.1 Å². The van der Waals surface area contributed by atoms with Crippen molar-refractivity contribution in [2.24, 2.45) is 5.14 Å². The number of unbranched alkanes of at least 4 members (excludes halogenated alkanes) is 1. The molecule has 0 aromatic carbocycles. The topological polar surface area (TPSA) is 89.3 Å². The molecule has 1 heterocycles. The van der Waals surface area contributed by atoms with Gasteiger partial charge in [-0.15, -0.1) is 11.3 Å². The van der Waals surface area contributed by atoms with Gasteiger partial charge in [0.25, 0.3) is 0 Å². The summed E-state index contributed by atoms with van der Waals surface area (Å²) in [5.74, 6) is -0.0186. The summed E-state index contributed by atoms with van der Waals surface area (Å²) < 4.78 is 22.4. The first-order valence-corrected chi connectivity index (χ1v) is 8.12. The largest absolute Gasteiger partial charge is 0.349 e. The number of carbonyl (C=O) groups is 1. The molecule has 0 fully saturated rings. The quantitative estimate of drug-likeness (QED) is 0.836. The van der Waals surface area contributed by atoms with Crippen LogP contribution in [0, 0.1) is 0 Å². The minimum atomic E-state index is -3.65. The summed E-state index contributed by atoms with van der Waals surface area (Å²) in [7, 11) is -3.65. The molecule has 1 rings (SSSR count). The zero-order valence-corrected chi connectivity index (χ0v) is 12.1. The molecule has 1 aromatic heterocycles. The summed E-state index contributed by atoms with van der Waals surface area (Å²) in [5, 5.41) is 7.86. The van der Waals surface area contributed by atoms with Crippen LogP contribution in [0.5, 0.6) is 0 Å². The first-order chi connectivity index (χ1) is 8.34. The van der Waals surface area contributed by atoms with Crippen LogP contribution in [0.3, 0.4) is 0 Å². The third-order valence-electron chi connectivity index (χ3n) is 2.44. The number of primary sulfonamides is 1. The van der Waals surface area contributed by atoms with Crippen LogP contribution in [0.1, 0.15) is 44.0 Å². The first kappa shape index (κ1) is 15.1. The van der Waals surface area contributed by atoms with Crippen LogP contribution < -0.4 is 10.5 Å². The van der Waals surface area contributed by atoms with Crippen LogP contribution in [-0.2, 0) is 14.8 Å². The van der Waals surface area contributed by atoms with Gasteiger partial charge in [0.05, 0.1) is 6.04 Å². The van der Waals surface area contributed by atoms with Crippen molar-refractivity contribution in [1.82, 2.24) is 5.32 Å². The van der Waals surface area contributed by atoms with E-state index in [9.17, 15) is 13.2 Å². The number of hydrogen-bond donors (Lipinski definition) is 2. The molecule has 18 heavy (non-hydrogen) atoms. The molecular weight excluding hydrogens is 272 g/mol. The maximum atomic E-state index is 11.5. The van der Waals surface area contributed by atoms with Gasteiger partial charge >= 0.3 is 0 Å². The van der Waals surface area contributed by atoms with Crippen LogP contribution >= 0.6 is 11.3 Å². The van der Waals surface area contributed by atoms with E-state index >= 15 is 0 Å². The number of thiophene rings is 1. The molecule has 0 bridgehead atoms. The minimum absolute atomic E-state index is 0.0186. The van der Waals surface area contributed by atoms with E-state index in [-0.39, 0.29) is 16.2 Å². The second-order valence-corrected chi connectivity index (χ2v) is 7.00. The van der Waals surface area contributed by atoms with Crippen molar-refractivity contribution in [1.29, 1.82) is 0 Å². The number of sulfonamides is 1. The van der Waals surface area contributed by atoms with Crippen molar-refractivity contribution in [3.8, 4) is 0 Å². The zero-order chi connectivity index (χ0) is 13.8. The molecule has 5 nitrogen and oxygen atoms in total. The molecule has 1 atom stereocenters. The number of rotatable bonds is 6. The number of carbonyl (C=O) groups excluding carboxylic acids is 1. The Morgan fingerprint density at radius 2 is 2.17 bits per heavy atom. The van der Waals surface area contributed by atoms with Gasteiger partial charge in [0.1, 0.15) is 4.21 Å². The van der Waals surface area contributed by atoms with Crippen LogP contribution in [-0.4, -0.2) is 14.3 Å². The van der Waals surface area contributed by atoms with E-state index in [1.165, 1.54) is 6.07 Å². The molecule has 0 saturated heterocycles. The SMILES string of the molecule is CCCCC(=O)NC(C)c1ccc(S(N)(=O)=O)s1. The molecule has 0 radical (unpaired) electrons. The smallest absolute Gasteiger partial charge is 0.247 e. The average Bonchev–Trinajstić information content (AvgIpc) is 2.75. The van der Waals surface area contributed by atoms with Gasteiger partial charge in [0.2, 0.25) is 15.9 Å². The maximum Gasteiger partial charge on any atom is 0.247 e. The Balaban J connectivity index is 2.65. The highest BCUT2D eigenvalue weighted by molar-refractivity contribution is 7.91. The fourth-order valence-electron chi connectivity index (χ4n) is 1.44. The third kappa shape index (κ3) is 4.40. The summed E-state index contributed by atoms with van der Waals surface area (Å²) in [5.41, 5.74) is 0. The summed E-state index contributed by atoms with van der Waals surface area (Å²) in [6.07, 6.45) is 2.32. The molecule has 1 unspecified atom stereocenters. The molecule has 0 aliphatic carbocycles. The molecule has 0 spiro atoms. The van der Waals surface area contributed by atoms with Gasteiger partial charge in [0, 0.05) is 11.3 Å². The van der Waals surface area contributed by atoms with E-state index in [0.29, 0.717) is 6.42 Å². The highest BCUT2D eigenvalue weighted by Gasteiger charge is 2.16. The van der Waals surface area contributed by atoms with Crippen molar-refractivity contribution in [2.45, 2.75) is 43.4 Å². The van der Waals surface area contributed by atoms with Gasteiger partial charge in [-0.2, -0.15) is 0 Å². The second kappa shape index (κ2) is 6.31. The molecule has 1 aromatic rings. The highest BCUT2D eigenvalue weighted by atomic mass is 32.2. The monoisotopic (exact) mass is 290 g/mol. The zero-order valence-electron chi connectivity index (χ0n) is 10.5. The van der Waals surface area contributed by atoms with Gasteiger partial charge in [-0.05, 0) is 25.5 Å². The highest BCUT2D eigenvalue weighted by Crippen LogP contribution is 2.25. The second-order valence-electron chi connectivity index (χ2n) is 4.09. The van der Waals surface area contributed by atoms with Crippen LogP contribution in [0.4, 0.5) is 0 Å². The molecular formula is C11H18N2O3S2. The number of amides is 1. The van der Waals surface area contributed by atoms with Gasteiger partial charge < -0.3 is 5.32 Å². The number of hydrogen-bond acceptors (Lipinski definition) is 4. The maximum absolute atomic E-state index is 11.5. The van der Waals surface area contributed by atoms with Crippen LogP contribution in [0.2, 0.25) is 0 Å². The summed E-state index contributed by atoms with van der Waals surface area (Å²) >= 11 is 1.09. The normalized spacial score (nSPS) is 13.3. The summed E-state index contributed by atoms with van der Waals surface area (Å²) in [6.45, 7) is 3.84. The molecule has 0 saturated carbocycles. The Bertz CT molecular complexity index is 508. The Kier molecular flexibility index (Phi) is 5.30. The Morgan fingerprint density at radius 3 is 2.67 bits per heavy atom. The molecule has 7 heteroatoms. The predicted octanol–water partition coefficient (Wildman–Crippen LogP) is 1.76. The van der Waals surface area contributed by atoms with E-state index in [4.69, 9.17) is 5.14 Å². The average molecular weight is 290 g/mol. The van der Waals surface area contributed by atoms with Crippen molar-refractivity contribution in [3.05, 3.63) is 17.0 Å². The summed E-state index contributed by atoms with van der Waals surface area (Å²) in [4.78, 5) is 12.3. The number of nitrogens with two attached hydrogens (primary N) is 1. The lowest BCUT2D eigenvalue weighted by Gasteiger charge is -2.11. The Labute approximate surface area is 111 Å². The molecule has 3 N–H and O–H groups in total. The van der Waals surface area contributed by atoms with Crippen molar-refractivity contribution >= 4 is 27.3 Å². The molecule has 0 aliphatic rings. The van der Waals surface area contributed by atoms with E-state index in [2.05, 4.69) is 5.32 Å². The van der Waals surface area contributed by atoms with Crippen molar-refractivity contribution in [2.75, 3.05) is 0 Å². The van der Waals surface area contributed by atoms with Crippen molar-refractivity contribution in [3.63, 3.8) is 0 Å². The van der Waals surface area contributed by atoms with Gasteiger partial charge in [-0.1, -0.05) is 13.3 Å². The Hall–Kier alpha value is -0.920. The fourth-order valence-corrected chi connectivity index (χ4v) is 3.19. The fraction of sp³-hybridized carbons (Fsp3) is 0.545. The first-order valence-electron chi connectivity index (χ1n) is 5.76. The lowest BCUT2D eigenvalue weighted by molar-refractivity contribution is -0.121.